The minimum absolute atomic E-state index is 0.0922. The van der Waals surface area contributed by atoms with E-state index in [1.807, 2.05) is 18.2 Å². The van der Waals surface area contributed by atoms with Crippen molar-refractivity contribution in [3.63, 3.8) is 0 Å². The van der Waals surface area contributed by atoms with Crippen LogP contribution in [0.5, 0.6) is 0 Å². The number of nitro benzene ring substituents is 1. The Morgan fingerprint density at radius 1 is 0.864 bits per heavy atom. The molecule has 0 spiro atoms. The van der Waals surface area contributed by atoms with Crippen LogP contribution in [0.2, 0.25) is 10.0 Å². The summed E-state index contributed by atoms with van der Waals surface area (Å²) in [5.74, 6) is -1.21. The Morgan fingerprint density at radius 3 is 2.14 bits per heavy atom. The zero-order valence-corrected chi connectivity index (χ0v) is 25.8. The molecule has 0 saturated heterocycles. The summed E-state index contributed by atoms with van der Waals surface area (Å²) >= 11 is 12.4. The van der Waals surface area contributed by atoms with Gasteiger partial charge in [-0.3, -0.25) is 24.0 Å². The lowest BCUT2D eigenvalue weighted by molar-refractivity contribution is -0.384. The van der Waals surface area contributed by atoms with Crippen molar-refractivity contribution in [2.75, 3.05) is 17.9 Å². The fourth-order valence-electron chi connectivity index (χ4n) is 4.57. The van der Waals surface area contributed by atoms with Crippen molar-refractivity contribution in [3.8, 4) is 0 Å². The van der Waals surface area contributed by atoms with E-state index in [-0.39, 0.29) is 34.3 Å². The van der Waals surface area contributed by atoms with Gasteiger partial charge >= 0.3 is 0 Å². The van der Waals surface area contributed by atoms with Gasteiger partial charge in [0.15, 0.2) is 0 Å². The molecule has 2 amide bonds. The molecule has 0 radical (unpaired) electrons. The number of hydrogen-bond donors (Lipinski definition) is 1. The van der Waals surface area contributed by atoms with Crippen LogP contribution in [-0.4, -0.2) is 49.7 Å². The van der Waals surface area contributed by atoms with E-state index >= 15 is 0 Å². The summed E-state index contributed by atoms with van der Waals surface area (Å²) in [4.78, 5) is 39.6. The number of carbonyl (C=O) groups is 2. The van der Waals surface area contributed by atoms with E-state index in [4.69, 9.17) is 23.2 Å². The van der Waals surface area contributed by atoms with Gasteiger partial charge in [0.05, 0.1) is 25.6 Å². The number of non-ortho nitro benzene ring substituents is 1. The molecule has 0 aromatic heterocycles. The van der Waals surface area contributed by atoms with Crippen LogP contribution >= 0.6 is 23.2 Å². The first-order chi connectivity index (χ1) is 21.0. The van der Waals surface area contributed by atoms with Crippen LogP contribution in [0.15, 0.2) is 108 Å². The number of rotatable bonds is 12. The molecule has 0 unspecified atom stereocenters. The van der Waals surface area contributed by atoms with Crippen LogP contribution in [0.3, 0.4) is 0 Å². The highest BCUT2D eigenvalue weighted by atomic mass is 35.5. The van der Waals surface area contributed by atoms with E-state index in [1.165, 1.54) is 54.4 Å². The largest absolute Gasteiger partial charge is 0.357 e. The number of amides is 2. The third kappa shape index (κ3) is 7.73. The van der Waals surface area contributed by atoms with Gasteiger partial charge in [-0.25, -0.2) is 8.42 Å². The molecular weight excluding hydrogens is 627 g/mol. The smallest absolute Gasteiger partial charge is 0.271 e. The summed E-state index contributed by atoms with van der Waals surface area (Å²) < 4.78 is 28.7. The van der Waals surface area contributed by atoms with Crippen LogP contribution in [-0.2, 0) is 32.6 Å². The molecular formula is C31H28Cl2N4O6S. The van der Waals surface area contributed by atoms with E-state index in [1.54, 1.807) is 36.4 Å². The molecule has 4 rings (SSSR count). The van der Waals surface area contributed by atoms with Gasteiger partial charge in [-0.15, -0.1) is 0 Å². The van der Waals surface area contributed by atoms with Gasteiger partial charge in [-0.1, -0.05) is 83.9 Å². The Hall–Kier alpha value is -4.45. The van der Waals surface area contributed by atoms with Crippen LogP contribution < -0.4 is 9.62 Å². The molecule has 0 aliphatic carbocycles. The Balaban J connectivity index is 1.82. The molecule has 0 fully saturated rings. The average Bonchev–Trinajstić information content (AvgIpc) is 3.03. The monoisotopic (exact) mass is 654 g/mol. The first-order valence-corrected chi connectivity index (χ1v) is 15.5. The Kier molecular flexibility index (Phi) is 10.6. The van der Waals surface area contributed by atoms with Crippen molar-refractivity contribution in [1.82, 2.24) is 10.2 Å². The number of carbonyl (C=O) groups excluding carboxylic acids is 2. The summed E-state index contributed by atoms with van der Waals surface area (Å²) in [6, 6.07) is 25.2. The van der Waals surface area contributed by atoms with Crippen molar-refractivity contribution >= 4 is 56.4 Å². The van der Waals surface area contributed by atoms with Crippen LogP contribution in [0.4, 0.5) is 11.4 Å². The number of hydrogen-bond acceptors (Lipinski definition) is 6. The number of nitro groups is 1. The average molecular weight is 656 g/mol. The fraction of sp³-hybridized carbons (Fsp3) is 0.161. The van der Waals surface area contributed by atoms with Gasteiger partial charge in [0.1, 0.15) is 12.6 Å². The quantitative estimate of drug-likeness (QED) is 0.159. The number of nitrogens with zero attached hydrogens (tertiary/aromatic N) is 3. The standard InChI is InChI=1S/C31H28Cl2N4O6S/c1-34-31(39)29(18-22-9-4-2-5-10-22)35(20-23-15-16-27(32)28(33)17-23)30(38)21-36(24-11-8-12-25(19-24)37(40)41)44(42,43)26-13-6-3-7-14-26/h2-17,19,29H,18,20-21H2,1H3,(H,34,39)/t29-/m0/s1. The molecule has 0 bridgehead atoms. The molecule has 0 heterocycles. The molecule has 4 aromatic rings. The van der Waals surface area contributed by atoms with E-state index in [9.17, 15) is 28.1 Å². The predicted molar refractivity (Wildman–Crippen MR) is 169 cm³/mol. The lowest BCUT2D eigenvalue weighted by atomic mass is 10.0. The SMILES string of the molecule is CNC(=O)[C@H](Cc1ccccc1)N(Cc1ccc(Cl)c(Cl)c1)C(=O)CN(c1cccc([N+](=O)[O-])c1)S(=O)(=O)c1ccccc1. The summed E-state index contributed by atoms with van der Waals surface area (Å²) in [7, 11) is -2.95. The van der Waals surface area contributed by atoms with Crippen molar-refractivity contribution < 1.29 is 22.9 Å². The Labute approximate surface area is 265 Å². The van der Waals surface area contributed by atoms with E-state index in [0.29, 0.717) is 10.6 Å². The minimum Gasteiger partial charge on any atom is -0.357 e. The number of likely N-dealkylation sites (N-methyl/N-ethyl adjacent to an activating group) is 1. The second-order valence-corrected chi connectivity index (χ2v) is 12.4. The summed E-state index contributed by atoms with van der Waals surface area (Å²) in [5.41, 5.74) is 0.858. The topological polar surface area (TPSA) is 130 Å². The zero-order valence-electron chi connectivity index (χ0n) is 23.5. The Bertz CT molecular complexity index is 1760. The van der Waals surface area contributed by atoms with Gasteiger partial charge in [0.25, 0.3) is 15.7 Å². The fourth-order valence-corrected chi connectivity index (χ4v) is 6.31. The third-order valence-corrected chi connectivity index (χ3v) is 9.32. The van der Waals surface area contributed by atoms with Gasteiger partial charge < -0.3 is 10.2 Å². The molecule has 0 aliphatic heterocycles. The number of benzene rings is 4. The third-order valence-electron chi connectivity index (χ3n) is 6.79. The number of anilines is 1. The first kappa shape index (κ1) is 32.5. The summed E-state index contributed by atoms with van der Waals surface area (Å²) in [6.45, 7) is -0.878. The van der Waals surface area contributed by atoms with Crippen molar-refractivity contribution in [2.24, 2.45) is 0 Å². The highest BCUT2D eigenvalue weighted by Gasteiger charge is 2.34. The van der Waals surface area contributed by atoms with Crippen LogP contribution in [0, 0.1) is 10.1 Å². The lowest BCUT2D eigenvalue weighted by Crippen LogP contribution is -2.53. The molecule has 228 valence electrons. The van der Waals surface area contributed by atoms with E-state index < -0.39 is 39.3 Å². The van der Waals surface area contributed by atoms with Crippen molar-refractivity contribution in [3.05, 3.63) is 134 Å². The number of nitrogens with one attached hydrogen (secondary N) is 1. The molecule has 0 aliphatic rings. The highest BCUT2D eigenvalue weighted by Crippen LogP contribution is 2.29. The maximum atomic E-state index is 14.3. The molecule has 1 atom stereocenters. The molecule has 13 heteroatoms. The van der Waals surface area contributed by atoms with Crippen LogP contribution in [0.25, 0.3) is 0 Å². The first-order valence-electron chi connectivity index (χ1n) is 13.3. The molecule has 44 heavy (non-hydrogen) atoms. The number of sulfonamides is 1. The molecule has 4 aromatic carbocycles. The number of halogens is 2. The molecule has 1 N–H and O–H groups in total. The molecule has 0 saturated carbocycles. The predicted octanol–water partition coefficient (Wildman–Crippen LogP) is 5.48. The van der Waals surface area contributed by atoms with Crippen molar-refractivity contribution in [1.29, 1.82) is 0 Å². The van der Waals surface area contributed by atoms with Crippen molar-refractivity contribution in [2.45, 2.75) is 23.9 Å². The van der Waals surface area contributed by atoms with Gasteiger partial charge in [0, 0.05) is 32.1 Å². The zero-order chi connectivity index (χ0) is 31.9. The second kappa shape index (κ2) is 14.3. The van der Waals surface area contributed by atoms with E-state index in [0.717, 1.165) is 15.9 Å². The normalized spacial score (nSPS) is 11.8. The minimum atomic E-state index is -4.40. The van der Waals surface area contributed by atoms with Gasteiger partial charge in [-0.05, 0) is 41.5 Å². The molecule has 10 nitrogen and oxygen atoms in total. The highest BCUT2D eigenvalue weighted by molar-refractivity contribution is 7.92. The summed E-state index contributed by atoms with van der Waals surface area (Å²) in [5, 5.41) is 14.7. The van der Waals surface area contributed by atoms with E-state index in [2.05, 4.69) is 5.32 Å². The maximum Gasteiger partial charge on any atom is 0.271 e. The maximum absolute atomic E-state index is 14.3. The van der Waals surface area contributed by atoms with Crippen LogP contribution in [0.1, 0.15) is 11.1 Å². The van der Waals surface area contributed by atoms with Gasteiger partial charge in [0.2, 0.25) is 11.8 Å². The van der Waals surface area contributed by atoms with Gasteiger partial charge in [-0.2, -0.15) is 0 Å². The lowest BCUT2D eigenvalue weighted by Gasteiger charge is -2.33. The summed E-state index contributed by atoms with van der Waals surface area (Å²) in [6.07, 6.45) is 0.121. The second-order valence-electron chi connectivity index (χ2n) is 9.69. The Morgan fingerprint density at radius 2 is 1.52 bits per heavy atom.